The maximum absolute atomic E-state index is 14.0. The standard InChI is InChI=1S/C15H18ClFN4O2/c16-13-11(17)5-9(14-20-21-15(22)23-14)6-12(13)19-7-8-1-3-10(18)4-2-8/h5-6,8,10,19H,1-4,7,18H2,(H,21,22)/t8-,10-. The van der Waals surface area contributed by atoms with Crippen LogP contribution in [0.4, 0.5) is 10.1 Å². The van der Waals surface area contributed by atoms with E-state index in [0.717, 1.165) is 25.7 Å². The van der Waals surface area contributed by atoms with Gasteiger partial charge in [0.15, 0.2) is 0 Å². The van der Waals surface area contributed by atoms with Gasteiger partial charge < -0.3 is 15.5 Å². The molecule has 1 saturated carbocycles. The molecule has 0 unspecified atom stereocenters. The Morgan fingerprint density at radius 3 is 2.78 bits per heavy atom. The summed E-state index contributed by atoms with van der Waals surface area (Å²) in [7, 11) is 0. The molecule has 1 aromatic carbocycles. The van der Waals surface area contributed by atoms with Gasteiger partial charge in [0.1, 0.15) is 5.82 Å². The van der Waals surface area contributed by atoms with Gasteiger partial charge in [-0.15, -0.1) is 5.10 Å². The predicted octanol–water partition coefficient (Wildman–Crippen LogP) is 2.75. The van der Waals surface area contributed by atoms with Crippen LogP contribution in [0.2, 0.25) is 5.02 Å². The average molecular weight is 341 g/mol. The third-order valence-electron chi connectivity index (χ3n) is 4.19. The Morgan fingerprint density at radius 2 is 2.13 bits per heavy atom. The summed E-state index contributed by atoms with van der Waals surface area (Å²) in [5.41, 5.74) is 6.70. The number of hydrogen-bond donors (Lipinski definition) is 3. The van der Waals surface area contributed by atoms with Gasteiger partial charge in [-0.1, -0.05) is 11.6 Å². The number of aromatic amines is 1. The number of H-pyrrole nitrogens is 1. The molecular weight excluding hydrogens is 323 g/mol. The Kier molecular flexibility index (Phi) is 4.68. The Morgan fingerprint density at radius 1 is 1.39 bits per heavy atom. The average Bonchev–Trinajstić information content (AvgIpc) is 2.97. The lowest BCUT2D eigenvalue weighted by atomic mass is 9.86. The second-order valence-electron chi connectivity index (χ2n) is 5.90. The summed E-state index contributed by atoms with van der Waals surface area (Å²) >= 11 is 6.02. The van der Waals surface area contributed by atoms with Crippen molar-refractivity contribution >= 4 is 17.3 Å². The van der Waals surface area contributed by atoms with E-state index >= 15 is 0 Å². The quantitative estimate of drug-likeness (QED) is 0.795. The second kappa shape index (κ2) is 6.72. The maximum Gasteiger partial charge on any atom is 0.434 e. The Hall–Kier alpha value is -1.86. The summed E-state index contributed by atoms with van der Waals surface area (Å²) in [6.45, 7) is 0.694. The minimum absolute atomic E-state index is 0.0131. The van der Waals surface area contributed by atoms with E-state index in [9.17, 15) is 9.18 Å². The number of nitrogens with zero attached hydrogens (tertiary/aromatic N) is 1. The van der Waals surface area contributed by atoms with Crippen LogP contribution < -0.4 is 16.8 Å². The highest BCUT2D eigenvalue weighted by Crippen LogP contribution is 2.31. The van der Waals surface area contributed by atoms with Gasteiger partial charge in [0.25, 0.3) is 0 Å². The minimum Gasteiger partial charge on any atom is -0.388 e. The summed E-state index contributed by atoms with van der Waals surface area (Å²) in [4.78, 5) is 11.0. The van der Waals surface area contributed by atoms with E-state index in [1.54, 1.807) is 6.07 Å². The zero-order valence-corrected chi connectivity index (χ0v) is 13.2. The highest BCUT2D eigenvalue weighted by molar-refractivity contribution is 6.33. The van der Waals surface area contributed by atoms with E-state index in [1.807, 2.05) is 0 Å². The van der Waals surface area contributed by atoms with Crippen LogP contribution in [0.15, 0.2) is 21.3 Å². The highest BCUT2D eigenvalue weighted by atomic mass is 35.5. The molecule has 3 rings (SSSR count). The first-order chi connectivity index (χ1) is 11.0. The fraction of sp³-hybridized carbons (Fsp3) is 0.467. The number of anilines is 1. The van der Waals surface area contributed by atoms with E-state index in [-0.39, 0.29) is 17.0 Å². The van der Waals surface area contributed by atoms with Crippen molar-refractivity contribution in [2.45, 2.75) is 31.7 Å². The van der Waals surface area contributed by atoms with Crippen molar-refractivity contribution in [1.29, 1.82) is 0 Å². The fourth-order valence-electron chi connectivity index (χ4n) is 2.84. The van der Waals surface area contributed by atoms with Crippen LogP contribution in [0.25, 0.3) is 11.5 Å². The molecular formula is C15H18ClFN4O2. The molecule has 0 radical (unpaired) electrons. The molecule has 0 atom stereocenters. The minimum atomic E-state index is -0.691. The van der Waals surface area contributed by atoms with Crippen molar-refractivity contribution in [2.24, 2.45) is 11.7 Å². The molecule has 8 heteroatoms. The molecule has 0 saturated heterocycles. The molecule has 0 aliphatic heterocycles. The van der Waals surface area contributed by atoms with Gasteiger partial charge in [-0.05, 0) is 43.7 Å². The summed E-state index contributed by atoms with van der Waals surface area (Å²) in [6, 6.07) is 3.10. The number of rotatable bonds is 4. The van der Waals surface area contributed by atoms with E-state index in [4.69, 9.17) is 21.8 Å². The molecule has 1 aliphatic carbocycles. The van der Waals surface area contributed by atoms with E-state index in [2.05, 4.69) is 15.5 Å². The largest absolute Gasteiger partial charge is 0.434 e. The topological polar surface area (TPSA) is 96.9 Å². The number of benzene rings is 1. The molecule has 0 spiro atoms. The van der Waals surface area contributed by atoms with Gasteiger partial charge in [0, 0.05) is 18.2 Å². The Balaban J connectivity index is 1.76. The van der Waals surface area contributed by atoms with Crippen molar-refractivity contribution < 1.29 is 8.81 Å². The van der Waals surface area contributed by atoms with Crippen LogP contribution in [-0.2, 0) is 0 Å². The summed E-state index contributed by atoms with van der Waals surface area (Å²) in [5, 5.41) is 9.05. The molecule has 0 amide bonds. The molecule has 0 bridgehead atoms. The summed E-state index contributed by atoms with van der Waals surface area (Å²) in [6.07, 6.45) is 4.10. The first-order valence-electron chi connectivity index (χ1n) is 7.57. The first-order valence-corrected chi connectivity index (χ1v) is 7.95. The van der Waals surface area contributed by atoms with Crippen LogP contribution in [0, 0.1) is 11.7 Å². The highest BCUT2D eigenvalue weighted by Gasteiger charge is 2.19. The van der Waals surface area contributed by atoms with Crippen molar-refractivity contribution in [1.82, 2.24) is 10.2 Å². The van der Waals surface area contributed by atoms with E-state index in [0.29, 0.717) is 23.7 Å². The molecule has 1 fully saturated rings. The first kappa shape index (κ1) is 16.0. The molecule has 2 aromatic rings. The number of halogens is 2. The number of nitrogens with two attached hydrogens (primary N) is 1. The second-order valence-corrected chi connectivity index (χ2v) is 6.28. The molecule has 1 aliphatic rings. The van der Waals surface area contributed by atoms with Gasteiger partial charge >= 0.3 is 5.76 Å². The van der Waals surface area contributed by atoms with Crippen LogP contribution in [-0.4, -0.2) is 22.8 Å². The van der Waals surface area contributed by atoms with Crippen LogP contribution in [0.3, 0.4) is 0 Å². The fourth-order valence-corrected chi connectivity index (χ4v) is 3.02. The zero-order chi connectivity index (χ0) is 16.4. The van der Waals surface area contributed by atoms with Gasteiger partial charge in [0.05, 0.1) is 10.7 Å². The van der Waals surface area contributed by atoms with Crippen molar-refractivity contribution in [3.8, 4) is 11.5 Å². The van der Waals surface area contributed by atoms with Crippen molar-refractivity contribution in [3.05, 3.63) is 33.5 Å². The number of nitrogens with one attached hydrogen (secondary N) is 2. The molecule has 1 heterocycles. The lowest BCUT2D eigenvalue weighted by Gasteiger charge is -2.26. The molecule has 124 valence electrons. The van der Waals surface area contributed by atoms with Gasteiger partial charge in [-0.2, -0.15) is 0 Å². The lowest BCUT2D eigenvalue weighted by molar-refractivity contribution is 0.339. The predicted molar refractivity (Wildman–Crippen MR) is 86.0 cm³/mol. The number of aromatic nitrogens is 2. The summed E-state index contributed by atoms with van der Waals surface area (Å²) in [5.74, 6) is -0.774. The molecule has 1 aromatic heterocycles. The molecule has 4 N–H and O–H groups in total. The van der Waals surface area contributed by atoms with Gasteiger partial charge in [0.2, 0.25) is 5.89 Å². The smallest absolute Gasteiger partial charge is 0.388 e. The summed E-state index contributed by atoms with van der Waals surface area (Å²) < 4.78 is 18.9. The third-order valence-corrected chi connectivity index (χ3v) is 4.57. The van der Waals surface area contributed by atoms with Crippen LogP contribution in [0.5, 0.6) is 0 Å². The number of hydrogen-bond acceptors (Lipinski definition) is 5. The third kappa shape index (κ3) is 3.73. The SMILES string of the molecule is N[C@H]1CC[C@H](CNc2cc(-c3n[nH]c(=O)o3)cc(F)c2Cl)CC1. The normalized spacial score (nSPS) is 21.3. The van der Waals surface area contributed by atoms with Crippen LogP contribution in [0.1, 0.15) is 25.7 Å². The van der Waals surface area contributed by atoms with E-state index < -0.39 is 11.6 Å². The van der Waals surface area contributed by atoms with E-state index in [1.165, 1.54) is 6.07 Å². The molecule has 23 heavy (non-hydrogen) atoms. The Bertz CT molecular complexity index is 737. The lowest BCUT2D eigenvalue weighted by Crippen LogP contribution is -2.29. The van der Waals surface area contributed by atoms with Gasteiger partial charge in [-0.3, -0.25) is 0 Å². The monoisotopic (exact) mass is 340 g/mol. The van der Waals surface area contributed by atoms with Gasteiger partial charge in [-0.25, -0.2) is 14.3 Å². The zero-order valence-electron chi connectivity index (χ0n) is 12.4. The Labute approximate surface area is 137 Å². The van der Waals surface area contributed by atoms with Crippen molar-refractivity contribution in [3.63, 3.8) is 0 Å². The maximum atomic E-state index is 14.0. The molecule has 6 nitrogen and oxygen atoms in total. The van der Waals surface area contributed by atoms with Crippen molar-refractivity contribution in [2.75, 3.05) is 11.9 Å². The van der Waals surface area contributed by atoms with Crippen LogP contribution >= 0.6 is 11.6 Å².